The summed E-state index contributed by atoms with van der Waals surface area (Å²) in [5.41, 5.74) is -0.433. The van der Waals surface area contributed by atoms with Crippen molar-refractivity contribution in [3.8, 4) is 17.2 Å². The van der Waals surface area contributed by atoms with Crippen molar-refractivity contribution in [2.75, 3.05) is 0 Å². The molecule has 0 aliphatic rings. The van der Waals surface area contributed by atoms with Crippen LogP contribution in [0, 0.1) is 4.77 Å². The fourth-order valence-electron chi connectivity index (χ4n) is 2.15. The van der Waals surface area contributed by atoms with Crippen LogP contribution in [0.3, 0.4) is 0 Å². The Morgan fingerprint density at radius 1 is 1.17 bits per heavy atom. The number of hydrogen-bond donors (Lipinski definition) is 2. The number of benzene rings is 1. The Labute approximate surface area is 134 Å². The number of rotatable bonds is 2. The molecule has 0 amide bonds. The van der Waals surface area contributed by atoms with Crippen molar-refractivity contribution in [2.45, 2.75) is 6.92 Å². The van der Waals surface area contributed by atoms with Crippen LogP contribution in [0.15, 0.2) is 46.0 Å². The quantitative estimate of drug-likeness (QED) is 0.685. The molecule has 0 saturated carbocycles. The van der Waals surface area contributed by atoms with Crippen LogP contribution in [-0.2, 0) is 0 Å². The zero-order valence-corrected chi connectivity index (χ0v) is 12.8. The van der Waals surface area contributed by atoms with Crippen LogP contribution in [0.2, 0.25) is 0 Å². The highest BCUT2D eigenvalue weighted by molar-refractivity contribution is 7.71. The number of H-pyrrole nitrogens is 2. The molecule has 3 aromatic rings. The number of carbonyl (C=O) groups is 1. The van der Waals surface area contributed by atoms with Crippen LogP contribution in [0.1, 0.15) is 11.7 Å². The van der Waals surface area contributed by atoms with Crippen molar-refractivity contribution < 1.29 is 4.79 Å². The van der Waals surface area contributed by atoms with Crippen molar-refractivity contribution in [3.63, 3.8) is 0 Å². The van der Waals surface area contributed by atoms with E-state index in [0.717, 1.165) is 4.68 Å². The molecule has 116 valence electrons. The van der Waals surface area contributed by atoms with Gasteiger partial charge < -0.3 is 4.98 Å². The fourth-order valence-corrected chi connectivity index (χ4v) is 2.51. The highest BCUT2D eigenvalue weighted by atomic mass is 32.1. The van der Waals surface area contributed by atoms with E-state index >= 15 is 0 Å². The SMILES string of the molecule is CC(=O)n1nc(-c2cc(=O)[nH]c(=O)[nH]2)n(-c2ccccc2)c1=S. The number of nitrogens with zero attached hydrogens (tertiary/aromatic N) is 3. The summed E-state index contributed by atoms with van der Waals surface area (Å²) in [5, 5.41) is 4.14. The summed E-state index contributed by atoms with van der Waals surface area (Å²) in [5.74, 6) is -0.183. The van der Waals surface area contributed by atoms with Crippen molar-refractivity contribution in [1.29, 1.82) is 0 Å². The first-order valence-electron chi connectivity index (χ1n) is 6.60. The minimum atomic E-state index is -0.671. The lowest BCUT2D eigenvalue weighted by molar-refractivity contribution is 0.0919. The molecule has 0 aliphatic carbocycles. The Kier molecular flexibility index (Phi) is 3.62. The second-order valence-corrected chi connectivity index (χ2v) is 5.07. The second-order valence-electron chi connectivity index (χ2n) is 4.71. The first-order valence-corrected chi connectivity index (χ1v) is 7.00. The molecule has 0 fully saturated rings. The predicted molar refractivity (Wildman–Crippen MR) is 85.4 cm³/mol. The molecular formula is C14H11N5O3S. The molecule has 23 heavy (non-hydrogen) atoms. The normalized spacial score (nSPS) is 10.7. The van der Waals surface area contributed by atoms with E-state index in [4.69, 9.17) is 12.2 Å². The maximum Gasteiger partial charge on any atom is 0.326 e. The summed E-state index contributed by atoms with van der Waals surface area (Å²) < 4.78 is 2.69. The number of aromatic nitrogens is 5. The average Bonchev–Trinajstić information content (AvgIpc) is 2.85. The van der Waals surface area contributed by atoms with Crippen LogP contribution in [-0.4, -0.2) is 30.2 Å². The lowest BCUT2D eigenvalue weighted by Crippen LogP contribution is -2.22. The van der Waals surface area contributed by atoms with Gasteiger partial charge in [-0.05, 0) is 24.4 Å². The van der Waals surface area contributed by atoms with Crippen LogP contribution in [0.4, 0.5) is 0 Å². The maximum absolute atomic E-state index is 11.7. The van der Waals surface area contributed by atoms with Gasteiger partial charge in [0.2, 0.25) is 10.7 Å². The topological polar surface area (TPSA) is 106 Å². The lowest BCUT2D eigenvalue weighted by atomic mass is 10.3. The summed E-state index contributed by atoms with van der Waals surface area (Å²) in [4.78, 5) is 39.3. The zero-order chi connectivity index (χ0) is 16.6. The highest BCUT2D eigenvalue weighted by Gasteiger charge is 2.17. The van der Waals surface area contributed by atoms with E-state index in [9.17, 15) is 14.4 Å². The average molecular weight is 329 g/mol. The molecule has 2 heterocycles. The summed E-state index contributed by atoms with van der Waals surface area (Å²) in [6, 6.07) is 10.2. The molecule has 8 nitrogen and oxygen atoms in total. The van der Waals surface area contributed by atoms with E-state index in [1.54, 1.807) is 24.3 Å². The minimum absolute atomic E-state index is 0.139. The number of aromatic amines is 2. The monoisotopic (exact) mass is 329 g/mol. The number of carbonyl (C=O) groups excluding carboxylic acids is 1. The van der Waals surface area contributed by atoms with Gasteiger partial charge in [0.1, 0.15) is 0 Å². The summed E-state index contributed by atoms with van der Waals surface area (Å²) in [6.45, 7) is 1.32. The van der Waals surface area contributed by atoms with Crippen molar-refractivity contribution in [1.82, 2.24) is 24.3 Å². The van der Waals surface area contributed by atoms with Crippen LogP contribution in [0.25, 0.3) is 17.2 Å². The Morgan fingerprint density at radius 3 is 2.48 bits per heavy atom. The largest absolute Gasteiger partial charge is 0.326 e. The van der Waals surface area contributed by atoms with E-state index in [1.165, 1.54) is 17.6 Å². The molecule has 0 bridgehead atoms. The third kappa shape index (κ3) is 2.69. The Bertz CT molecular complexity index is 1030. The molecule has 2 aromatic heterocycles. The second kappa shape index (κ2) is 5.61. The van der Waals surface area contributed by atoms with E-state index < -0.39 is 11.2 Å². The minimum Gasteiger partial charge on any atom is -0.304 e. The van der Waals surface area contributed by atoms with Gasteiger partial charge in [-0.1, -0.05) is 18.2 Å². The van der Waals surface area contributed by atoms with Gasteiger partial charge in [-0.3, -0.25) is 19.1 Å². The van der Waals surface area contributed by atoms with E-state index in [0.29, 0.717) is 5.69 Å². The Morgan fingerprint density at radius 2 is 1.87 bits per heavy atom. The van der Waals surface area contributed by atoms with Gasteiger partial charge in [0.25, 0.3) is 5.56 Å². The zero-order valence-electron chi connectivity index (χ0n) is 11.9. The molecule has 0 aliphatic heterocycles. The smallest absolute Gasteiger partial charge is 0.304 e. The number of nitrogens with one attached hydrogen (secondary N) is 2. The van der Waals surface area contributed by atoms with Gasteiger partial charge in [-0.15, -0.1) is 5.10 Å². The van der Waals surface area contributed by atoms with E-state index in [-0.39, 0.29) is 22.2 Å². The molecule has 0 radical (unpaired) electrons. The van der Waals surface area contributed by atoms with E-state index in [2.05, 4.69) is 15.1 Å². The summed E-state index contributed by atoms with van der Waals surface area (Å²) in [6.07, 6.45) is 0. The molecule has 9 heteroatoms. The number of para-hydroxylation sites is 1. The van der Waals surface area contributed by atoms with Gasteiger partial charge in [0.05, 0.1) is 11.4 Å². The molecule has 3 rings (SSSR count). The molecule has 2 N–H and O–H groups in total. The van der Waals surface area contributed by atoms with E-state index in [1.807, 2.05) is 6.07 Å². The van der Waals surface area contributed by atoms with Crippen LogP contribution in [0.5, 0.6) is 0 Å². The van der Waals surface area contributed by atoms with Gasteiger partial charge in [0, 0.05) is 13.0 Å². The third-order valence-electron chi connectivity index (χ3n) is 3.09. The molecule has 1 aromatic carbocycles. The lowest BCUT2D eigenvalue weighted by Gasteiger charge is -2.05. The molecule has 0 spiro atoms. The number of hydrogen-bond acceptors (Lipinski definition) is 5. The Balaban J connectivity index is 2.38. The highest BCUT2D eigenvalue weighted by Crippen LogP contribution is 2.19. The van der Waals surface area contributed by atoms with Crippen LogP contribution < -0.4 is 11.2 Å². The van der Waals surface area contributed by atoms with Gasteiger partial charge >= 0.3 is 5.69 Å². The van der Waals surface area contributed by atoms with Crippen molar-refractivity contribution in [2.24, 2.45) is 0 Å². The fraction of sp³-hybridized carbons (Fsp3) is 0.0714. The first kappa shape index (κ1) is 14.9. The molecule has 0 atom stereocenters. The molecule has 0 saturated heterocycles. The third-order valence-corrected chi connectivity index (χ3v) is 3.45. The molecule has 0 unspecified atom stereocenters. The van der Waals surface area contributed by atoms with Crippen molar-refractivity contribution in [3.05, 3.63) is 62.0 Å². The maximum atomic E-state index is 11.7. The van der Waals surface area contributed by atoms with Gasteiger partial charge in [0.15, 0.2) is 5.82 Å². The predicted octanol–water partition coefficient (Wildman–Crippen LogP) is 1.11. The Hall–Kier alpha value is -3.07. The standard InChI is InChI=1S/C14H11N5O3S/c1-8(20)19-14(23)18(9-5-3-2-4-6-9)12(17-19)10-7-11(21)16-13(22)15-10/h2-7H,1H3,(H2,15,16,21,22). The van der Waals surface area contributed by atoms with Crippen LogP contribution >= 0.6 is 12.2 Å². The molecular weight excluding hydrogens is 318 g/mol. The summed E-state index contributed by atoms with van der Waals surface area (Å²) >= 11 is 5.30. The summed E-state index contributed by atoms with van der Waals surface area (Å²) in [7, 11) is 0. The van der Waals surface area contributed by atoms with Gasteiger partial charge in [-0.25, -0.2) is 4.79 Å². The first-order chi connectivity index (χ1) is 11.0. The van der Waals surface area contributed by atoms with Gasteiger partial charge in [-0.2, -0.15) is 4.68 Å². The van der Waals surface area contributed by atoms with Crippen molar-refractivity contribution >= 4 is 18.1 Å².